The van der Waals surface area contributed by atoms with Crippen molar-refractivity contribution in [1.29, 1.82) is 0 Å². The second kappa shape index (κ2) is 6.88. The molecule has 0 amide bonds. The van der Waals surface area contributed by atoms with E-state index in [1.807, 2.05) is 36.4 Å². The molecule has 0 atom stereocenters. The lowest BCUT2D eigenvalue weighted by Crippen LogP contribution is -1.99. The molecule has 0 aliphatic rings. The number of nitrogens with two attached hydrogens (primary N) is 1. The first-order valence-electron chi connectivity index (χ1n) is 7.57. The van der Waals surface area contributed by atoms with Crippen molar-refractivity contribution in [3.63, 3.8) is 0 Å². The third-order valence-electron chi connectivity index (χ3n) is 3.78. The Morgan fingerprint density at radius 1 is 0.783 bits per heavy atom. The van der Waals surface area contributed by atoms with Crippen molar-refractivity contribution in [3.05, 3.63) is 78.4 Å². The summed E-state index contributed by atoms with van der Waals surface area (Å²) in [6, 6.07) is 24.4. The summed E-state index contributed by atoms with van der Waals surface area (Å²) in [6.45, 7) is 0.785. The fraction of sp³-hybridized carbons (Fsp3) is 0.100. The first-order chi connectivity index (χ1) is 11.2. The zero-order valence-corrected chi connectivity index (χ0v) is 13.1. The molecule has 3 N–H and O–H groups in total. The minimum absolute atomic E-state index is 0.777. The lowest BCUT2D eigenvalue weighted by molar-refractivity contribution is 0.415. The molecule has 23 heavy (non-hydrogen) atoms. The minimum atomic E-state index is 0.777. The summed E-state index contributed by atoms with van der Waals surface area (Å²) in [5.74, 6) is 0.873. The van der Waals surface area contributed by atoms with E-state index in [1.165, 1.54) is 16.7 Å². The van der Waals surface area contributed by atoms with E-state index in [-0.39, 0.29) is 0 Å². The van der Waals surface area contributed by atoms with Crippen molar-refractivity contribution in [2.75, 3.05) is 18.2 Å². The number of nitrogens with one attached hydrogen (secondary N) is 1. The van der Waals surface area contributed by atoms with Gasteiger partial charge in [0.1, 0.15) is 5.75 Å². The number of methoxy groups -OCH3 is 1. The Hall–Kier alpha value is -2.94. The maximum absolute atomic E-state index is 5.69. The summed E-state index contributed by atoms with van der Waals surface area (Å²) < 4.78 is 5.19. The molecule has 0 spiro atoms. The molecular formula is C20H20N2O. The average Bonchev–Trinajstić information content (AvgIpc) is 2.62. The van der Waals surface area contributed by atoms with Crippen LogP contribution in [0.25, 0.3) is 11.1 Å². The van der Waals surface area contributed by atoms with Crippen LogP contribution in [0.2, 0.25) is 0 Å². The molecule has 3 aromatic rings. The zero-order valence-electron chi connectivity index (χ0n) is 13.1. The van der Waals surface area contributed by atoms with Crippen molar-refractivity contribution in [1.82, 2.24) is 0 Å². The van der Waals surface area contributed by atoms with Crippen molar-refractivity contribution < 1.29 is 4.74 Å². The Morgan fingerprint density at radius 2 is 1.35 bits per heavy atom. The summed E-state index contributed by atoms with van der Waals surface area (Å²) in [6.07, 6.45) is 0. The molecule has 0 aliphatic heterocycles. The molecule has 3 heteroatoms. The fourth-order valence-electron chi connectivity index (χ4n) is 2.40. The molecule has 0 bridgehead atoms. The molecule has 0 saturated carbocycles. The van der Waals surface area contributed by atoms with Crippen LogP contribution in [-0.2, 0) is 6.54 Å². The molecule has 3 rings (SSSR count). The fourth-order valence-corrected chi connectivity index (χ4v) is 2.40. The molecule has 3 aromatic carbocycles. The van der Waals surface area contributed by atoms with Gasteiger partial charge in [0.2, 0.25) is 0 Å². The Morgan fingerprint density at radius 3 is 1.91 bits per heavy atom. The zero-order chi connectivity index (χ0) is 16.1. The van der Waals surface area contributed by atoms with Crippen LogP contribution in [0.5, 0.6) is 5.75 Å². The molecule has 0 saturated heterocycles. The smallest absolute Gasteiger partial charge is 0.118 e. The maximum Gasteiger partial charge on any atom is 0.118 e. The molecule has 0 aromatic heterocycles. The first kappa shape index (κ1) is 15.0. The summed E-state index contributed by atoms with van der Waals surface area (Å²) in [4.78, 5) is 0. The van der Waals surface area contributed by atoms with Crippen molar-refractivity contribution in [2.24, 2.45) is 0 Å². The Labute approximate surface area is 136 Å². The summed E-state index contributed by atoms with van der Waals surface area (Å²) >= 11 is 0. The second-order valence-corrected chi connectivity index (χ2v) is 5.40. The van der Waals surface area contributed by atoms with Crippen LogP contribution in [-0.4, -0.2) is 7.11 Å². The molecule has 0 unspecified atom stereocenters. The van der Waals surface area contributed by atoms with E-state index in [9.17, 15) is 0 Å². The van der Waals surface area contributed by atoms with Crippen LogP contribution >= 0.6 is 0 Å². The monoisotopic (exact) mass is 304 g/mol. The standard InChI is InChI=1S/C20H20N2O/c1-23-20-12-6-17(7-13-20)16-4-2-15(3-5-16)14-22-19-10-8-18(21)9-11-19/h2-13,22H,14,21H2,1H3. The molecular weight excluding hydrogens is 284 g/mol. The number of benzene rings is 3. The van der Waals surface area contributed by atoms with E-state index in [4.69, 9.17) is 10.5 Å². The summed E-state index contributed by atoms with van der Waals surface area (Å²) in [5, 5.41) is 3.39. The van der Waals surface area contributed by atoms with Gasteiger partial charge in [-0.3, -0.25) is 0 Å². The Bertz CT molecular complexity index is 747. The van der Waals surface area contributed by atoms with Gasteiger partial charge in [0.25, 0.3) is 0 Å². The second-order valence-electron chi connectivity index (χ2n) is 5.40. The molecule has 0 heterocycles. The Kier molecular flexibility index (Phi) is 4.48. The van der Waals surface area contributed by atoms with Crippen LogP contribution in [0.4, 0.5) is 11.4 Å². The van der Waals surface area contributed by atoms with Gasteiger partial charge in [-0.2, -0.15) is 0 Å². The van der Waals surface area contributed by atoms with Crippen molar-refractivity contribution >= 4 is 11.4 Å². The third kappa shape index (κ3) is 3.83. The predicted molar refractivity (Wildman–Crippen MR) is 96.6 cm³/mol. The van der Waals surface area contributed by atoms with Gasteiger partial charge in [-0.1, -0.05) is 36.4 Å². The van der Waals surface area contributed by atoms with Gasteiger partial charge in [0.15, 0.2) is 0 Å². The van der Waals surface area contributed by atoms with Gasteiger partial charge in [0.05, 0.1) is 7.11 Å². The summed E-state index contributed by atoms with van der Waals surface area (Å²) in [5.41, 5.74) is 11.2. The van der Waals surface area contributed by atoms with Gasteiger partial charge >= 0.3 is 0 Å². The van der Waals surface area contributed by atoms with Gasteiger partial charge in [0, 0.05) is 17.9 Å². The normalized spacial score (nSPS) is 10.3. The van der Waals surface area contributed by atoms with Gasteiger partial charge in [-0.25, -0.2) is 0 Å². The first-order valence-corrected chi connectivity index (χ1v) is 7.57. The van der Waals surface area contributed by atoms with E-state index in [0.29, 0.717) is 0 Å². The van der Waals surface area contributed by atoms with Crippen LogP contribution in [0.15, 0.2) is 72.8 Å². The number of rotatable bonds is 5. The molecule has 0 radical (unpaired) electrons. The van der Waals surface area contributed by atoms with E-state index in [0.717, 1.165) is 23.7 Å². The van der Waals surface area contributed by atoms with Gasteiger partial charge in [-0.15, -0.1) is 0 Å². The number of nitrogen functional groups attached to an aromatic ring is 1. The number of anilines is 2. The van der Waals surface area contributed by atoms with E-state index in [2.05, 4.69) is 41.7 Å². The van der Waals surface area contributed by atoms with E-state index in [1.54, 1.807) is 7.11 Å². The van der Waals surface area contributed by atoms with Crippen molar-refractivity contribution in [3.8, 4) is 16.9 Å². The van der Waals surface area contributed by atoms with Crippen molar-refractivity contribution in [2.45, 2.75) is 6.54 Å². The van der Waals surface area contributed by atoms with Crippen LogP contribution in [0.3, 0.4) is 0 Å². The molecule has 116 valence electrons. The van der Waals surface area contributed by atoms with Crippen LogP contribution in [0.1, 0.15) is 5.56 Å². The summed E-state index contributed by atoms with van der Waals surface area (Å²) in [7, 11) is 1.68. The molecule has 0 fully saturated rings. The van der Waals surface area contributed by atoms with Gasteiger partial charge < -0.3 is 15.8 Å². The van der Waals surface area contributed by atoms with E-state index < -0.39 is 0 Å². The minimum Gasteiger partial charge on any atom is -0.497 e. The van der Waals surface area contributed by atoms with Crippen LogP contribution < -0.4 is 15.8 Å². The average molecular weight is 304 g/mol. The maximum atomic E-state index is 5.69. The lowest BCUT2D eigenvalue weighted by atomic mass is 10.0. The Balaban J connectivity index is 1.65. The lowest BCUT2D eigenvalue weighted by Gasteiger charge is -2.08. The predicted octanol–water partition coefficient (Wildman–Crippen LogP) is 4.56. The highest BCUT2D eigenvalue weighted by Gasteiger charge is 2.00. The molecule has 3 nitrogen and oxygen atoms in total. The largest absolute Gasteiger partial charge is 0.497 e. The SMILES string of the molecule is COc1ccc(-c2ccc(CNc3ccc(N)cc3)cc2)cc1. The number of hydrogen-bond acceptors (Lipinski definition) is 3. The topological polar surface area (TPSA) is 47.3 Å². The molecule has 0 aliphatic carbocycles. The quantitative estimate of drug-likeness (QED) is 0.679. The number of ether oxygens (including phenoxy) is 1. The third-order valence-corrected chi connectivity index (χ3v) is 3.78. The number of hydrogen-bond donors (Lipinski definition) is 2. The highest BCUT2D eigenvalue weighted by Crippen LogP contribution is 2.23. The highest BCUT2D eigenvalue weighted by molar-refractivity contribution is 5.64. The van der Waals surface area contributed by atoms with E-state index >= 15 is 0 Å². The van der Waals surface area contributed by atoms with Crippen LogP contribution in [0, 0.1) is 0 Å². The van der Waals surface area contributed by atoms with Gasteiger partial charge in [-0.05, 0) is 53.1 Å². The highest BCUT2D eigenvalue weighted by atomic mass is 16.5.